The minimum absolute atomic E-state index is 0.0413. The van der Waals surface area contributed by atoms with Crippen LogP contribution in [0.1, 0.15) is 18.5 Å². The number of H-pyrrole nitrogens is 1. The first-order valence-corrected chi connectivity index (χ1v) is 6.58. The minimum atomic E-state index is -1.18. The van der Waals surface area contributed by atoms with Crippen molar-refractivity contribution in [3.05, 3.63) is 18.2 Å². The maximum atomic E-state index is 11.9. The van der Waals surface area contributed by atoms with E-state index in [1.54, 1.807) is 6.20 Å². The maximum absolute atomic E-state index is 11.9. The molecule has 0 fully saturated rings. The number of aliphatic hydroxyl groups is 1. The topological polar surface area (TPSA) is 167 Å². The molecule has 9 heteroatoms. The fourth-order valence-electron chi connectivity index (χ4n) is 1.74. The van der Waals surface area contributed by atoms with Crippen LogP contribution in [0.15, 0.2) is 12.5 Å². The monoisotopic (exact) mass is 299 g/mol. The second-order valence-electron chi connectivity index (χ2n) is 4.75. The van der Waals surface area contributed by atoms with Crippen molar-refractivity contribution in [3.63, 3.8) is 0 Å². The van der Waals surface area contributed by atoms with E-state index in [1.807, 2.05) is 0 Å². The van der Waals surface area contributed by atoms with Crippen LogP contribution in [0.5, 0.6) is 0 Å². The molecule has 0 aromatic carbocycles. The summed E-state index contributed by atoms with van der Waals surface area (Å²) in [6, 6.07) is -1.99. The highest BCUT2D eigenvalue weighted by atomic mass is 16.4. The number of carbonyl (C=O) groups is 2. The van der Waals surface area contributed by atoms with Crippen molar-refractivity contribution >= 4 is 11.9 Å². The Kier molecular flexibility index (Phi) is 6.79. The fraction of sp³-hybridized carbons (Fsp3) is 0.583. The van der Waals surface area contributed by atoms with Gasteiger partial charge in [-0.3, -0.25) is 4.79 Å². The summed E-state index contributed by atoms with van der Waals surface area (Å²) in [6.45, 7) is 0.0413. The Balaban J connectivity index is 2.49. The number of carboxylic acid groups (broad SMARTS) is 1. The lowest BCUT2D eigenvalue weighted by Crippen LogP contribution is -2.49. The average molecular weight is 299 g/mol. The van der Waals surface area contributed by atoms with Gasteiger partial charge in [0.25, 0.3) is 0 Å². The Labute approximate surface area is 121 Å². The third-order valence-electron chi connectivity index (χ3n) is 3.01. The summed E-state index contributed by atoms with van der Waals surface area (Å²) in [4.78, 5) is 29.6. The Bertz CT molecular complexity index is 451. The zero-order chi connectivity index (χ0) is 15.8. The molecule has 1 aromatic heterocycles. The maximum Gasteiger partial charge on any atom is 0.326 e. The van der Waals surface area contributed by atoms with Crippen molar-refractivity contribution in [2.45, 2.75) is 37.5 Å². The second-order valence-corrected chi connectivity index (χ2v) is 4.75. The molecule has 3 atom stereocenters. The molecule has 1 amide bonds. The number of carbonyl (C=O) groups excluding carboxylic acids is 1. The molecule has 1 heterocycles. The molecular weight excluding hydrogens is 278 g/mol. The number of rotatable bonds is 9. The Hall–Kier alpha value is -1.97. The number of aromatic nitrogens is 2. The summed E-state index contributed by atoms with van der Waals surface area (Å²) in [6.07, 6.45) is 2.71. The van der Waals surface area contributed by atoms with Crippen molar-refractivity contribution in [3.8, 4) is 0 Å². The molecule has 0 aliphatic heterocycles. The standard InChI is InChI=1S/C12H21N5O4/c13-4-8(18)1-2-10(12(20)21)17-11(19)9(14)3-7-5-15-6-16-7/h5-6,8-10,18H,1-4,13-14H2,(H,15,16)(H,17,19)(H,20,21)/t8-,9+,10+/m1/s1. The second kappa shape index (κ2) is 8.35. The molecule has 0 bridgehead atoms. The lowest BCUT2D eigenvalue weighted by atomic mass is 10.1. The van der Waals surface area contributed by atoms with E-state index < -0.39 is 30.1 Å². The van der Waals surface area contributed by atoms with Crippen molar-refractivity contribution in [2.24, 2.45) is 11.5 Å². The van der Waals surface area contributed by atoms with Crippen LogP contribution < -0.4 is 16.8 Å². The predicted molar refractivity (Wildman–Crippen MR) is 74.1 cm³/mol. The van der Waals surface area contributed by atoms with Crippen LogP contribution in [0.4, 0.5) is 0 Å². The van der Waals surface area contributed by atoms with Crippen molar-refractivity contribution in [1.29, 1.82) is 0 Å². The summed E-state index contributed by atoms with van der Waals surface area (Å²) in [5.41, 5.74) is 11.6. The number of carboxylic acids is 1. The smallest absolute Gasteiger partial charge is 0.326 e. The zero-order valence-corrected chi connectivity index (χ0v) is 11.5. The average Bonchev–Trinajstić information content (AvgIpc) is 2.95. The lowest BCUT2D eigenvalue weighted by molar-refractivity contribution is -0.142. The minimum Gasteiger partial charge on any atom is -0.480 e. The first kappa shape index (κ1) is 17.1. The molecule has 0 unspecified atom stereocenters. The normalized spacial score (nSPS) is 15.2. The number of aliphatic hydroxyl groups excluding tert-OH is 1. The van der Waals surface area contributed by atoms with Gasteiger partial charge >= 0.3 is 5.97 Å². The molecular formula is C12H21N5O4. The van der Waals surface area contributed by atoms with Crippen molar-refractivity contribution in [2.75, 3.05) is 6.54 Å². The van der Waals surface area contributed by atoms with Gasteiger partial charge in [0, 0.05) is 24.9 Å². The molecule has 0 aliphatic rings. The summed E-state index contributed by atoms with van der Waals surface area (Å²) >= 11 is 0. The first-order valence-electron chi connectivity index (χ1n) is 6.58. The molecule has 8 N–H and O–H groups in total. The highest BCUT2D eigenvalue weighted by Gasteiger charge is 2.24. The number of imidazole rings is 1. The number of aromatic amines is 1. The van der Waals surface area contributed by atoms with Crippen LogP contribution in [0.3, 0.4) is 0 Å². The number of nitrogens with two attached hydrogens (primary N) is 2. The summed E-state index contributed by atoms with van der Waals surface area (Å²) in [5.74, 6) is -1.75. The van der Waals surface area contributed by atoms with E-state index in [9.17, 15) is 14.7 Å². The molecule has 0 spiro atoms. The van der Waals surface area contributed by atoms with Gasteiger partial charge in [0.1, 0.15) is 6.04 Å². The number of nitrogens with one attached hydrogen (secondary N) is 2. The van der Waals surface area contributed by atoms with E-state index in [2.05, 4.69) is 15.3 Å². The number of hydrogen-bond donors (Lipinski definition) is 6. The summed E-state index contributed by atoms with van der Waals surface area (Å²) < 4.78 is 0. The Morgan fingerprint density at radius 2 is 2.14 bits per heavy atom. The molecule has 9 nitrogen and oxygen atoms in total. The van der Waals surface area contributed by atoms with E-state index in [-0.39, 0.29) is 25.8 Å². The molecule has 1 aromatic rings. The van der Waals surface area contributed by atoms with Crippen LogP contribution in [0.25, 0.3) is 0 Å². The van der Waals surface area contributed by atoms with Crippen LogP contribution in [0, 0.1) is 0 Å². The van der Waals surface area contributed by atoms with Crippen LogP contribution in [-0.4, -0.2) is 56.8 Å². The van der Waals surface area contributed by atoms with Gasteiger partial charge in [-0.1, -0.05) is 0 Å². The lowest BCUT2D eigenvalue weighted by Gasteiger charge is -2.18. The van der Waals surface area contributed by atoms with Crippen molar-refractivity contribution < 1.29 is 19.8 Å². The molecule has 1 rings (SSSR count). The van der Waals surface area contributed by atoms with Crippen LogP contribution in [0.2, 0.25) is 0 Å². The molecule has 0 saturated heterocycles. The Morgan fingerprint density at radius 1 is 1.43 bits per heavy atom. The van der Waals surface area contributed by atoms with Gasteiger partial charge in [-0.15, -0.1) is 0 Å². The van der Waals surface area contributed by atoms with Gasteiger partial charge < -0.3 is 32.0 Å². The summed E-state index contributed by atoms with van der Waals surface area (Å²) in [7, 11) is 0. The highest BCUT2D eigenvalue weighted by molar-refractivity contribution is 5.86. The number of nitrogens with zero attached hydrogens (tertiary/aromatic N) is 1. The van der Waals surface area contributed by atoms with Crippen LogP contribution in [-0.2, 0) is 16.0 Å². The van der Waals surface area contributed by atoms with E-state index in [1.165, 1.54) is 6.33 Å². The van der Waals surface area contributed by atoms with Gasteiger partial charge in [0.05, 0.1) is 18.5 Å². The third-order valence-corrected chi connectivity index (χ3v) is 3.01. The predicted octanol–water partition coefficient (Wildman–Crippen LogP) is -2.05. The van der Waals surface area contributed by atoms with E-state index >= 15 is 0 Å². The van der Waals surface area contributed by atoms with Gasteiger partial charge in [-0.05, 0) is 12.8 Å². The third kappa shape index (κ3) is 5.90. The van der Waals surface area contributed by atoms with Gasteiger partial charge in [-0.2, -0.15) is 0 Å². The number of hydrogen-bond acceptors (Lipinski definition) is 6. The fourth-order valence-corrected chi connectivity index (χ4v) is 1.74. The van der Waals surface area contributed by atoms with Gasteiger partial charge in [0.15, 0.2) is 0 Å². The number of amides is 1. The SMILES string of the molecule is NC[C@H](O)CC[C@H](NC(=O)[C@@H](N)Cc1cnc[nH]1)C(=O)O. The molecule has 0 saturated carbocycles. The zero-order valence-electron chi connectivity index (χ0n) is 11.5. The molecule has 0 aliphatic carbocycles. The van der Waals surface area contributed by atoms with E-state index in [0.29, 0.717) is 5.69 Å². The quantitative estimate of drug-likeness (QED) is 0.305. The van der Waals surface area contributed by atoms with E-state index in [4.69, 9.17) is 16.6 Å². The molecule has 21 heavy (non-hydrogen) atoms. The van der Waals surface area contributed by atoms with E-state index in [0.717, 1.165) is 0 Å². The van der Waals surface area contributed by atoms with Crippen molar-refractivity contribution in [1.82, 2.24) is 15.3 Å². The summed E-state index contributed by atoms with van der Waals surface area (Å²) in [5, 5.41) is 20.8. The molecule has 118 valence electrons. The van der Waals surface area contributed by atoms with Crippen LogP contribution >= 0.6 is 0 Å². The Morgan fingerprint density at radius 3 is 2.67 bits per heavy atom. The molecule has 0 radical (unpaired) electrons. The van der Waals surface area contributed by atoms with Gasteiger partial charge in [0.2, 0.25) is 5.91 Å². The first-order chi connectivity index (χ1) is 9.93. The van der Waals surface area contributed by atoms with Gasteiger partial charge in [-0.25, -0.2) is 9.78 Å². The number of aliphatic carboxylic acids is 1. The highest BCUT2D eigenvalue weighted by Crippen LogP contribution is 2.03. The largest absolute Gasteiger partial charge is 0.480 e.